The smallest absolute Gasteiger partial charge is 0.336 e. The normalized spacial score (nSPS) is 53.8. The molecule has 12 unspecified atom stereocenters. The molecule has 4 N–H and O–H groups in total. The Kier molecular flexibility index (Phi) is 5.22. The van der Waals surface area contributed by atoms with E-state index in [0.29, 0.717) is 36.7 Å². The van der Waals surface area contributed by atoms with Gasteiger partial charge in [0.2, 0.25) is 0 Å². The van der Waals surface area contributed by atoms with Crippen LogP contribution in [0.4, 0.5) is 0 Å². The number of hydrogen-bond acceptors (Lipinski definition) is 8. The molecule has 6 rings (SSSR count). The maximum absolute atomic E-state index is 13.2. The molecule has 35 heavy (non-hydrogen) atoms. The molecule has 0 radical (unpaired) electrons. The highest BCUT2D eigenvalue weighted by molar-refractivity contribution is 5.92. The summed E-state index contributed by atoms with van der Waals surface area (Å²) >= 11 is 0. The Balaban J connectivity index is 1.27. The predicted molar refractivity (Wildman–Crippen MR) is 123 cm³/mol. The molecule has 4 aliphatic carbocycles. The van der Waals surface area contributed by atoms with Crippen LogP contribution in [0.15, 0.2) is 11.1 Å². The fraction of sp³-hybridized carbons (Fsp3) is 0.852. The quantitative estimate of drug-likeness (QED) is 0.343. The number of epoxide rings is 1. The largest absolute Gasteiger partial charge is 0.458 e. The van der Waals surface area contributed by atoms with E-state index in [0.717, 1.165) is 24.8 Å². The van der Waals surface area contributed by atoms with Crippen molar-refractivity contribution < 1.29 is 39.5 Å². The number of carbonyl (C=O) groups is 2. The number of rotatable bonds is 3. The first kappa shape index (κ1) is 24.0. The molecule has 194 valence electrons. The second kappa shape index (κ2) is 7.60. The van der Waals surface area contributed by atoms with Crippen molar-refractivity contribution >= 4 is 11.8 Å². The molecule has 8 heteroatoms. The number of carbonyl (C=O) groups excluding carboxylic acids is 2. The van der Waals surface area contributed by atoms with Gasteiger partial charge in [0.15, 0.2) is 17.0 Å². The first-order valence-corrected chi connectivity index (χ1v) is 13.3. The van der Waals surface area contributed by atoms with Crippen LogP contribution < -0.4 is 0 Å². The fourth-order valence-corrected chi connectivity index (χ4v) is 9.59. The lowest BCUT2D eigenvalue weighted by Gasteiger charge is -2.58. The standard InChI is InChI=1S/C27H38O8/c1-12-8-20(34-24(32)15(12)11-28)13(2)16-4-5-17-14-9-22-27(35-22)23(31)19(29)10-21(30)26(27,33)18(14)6-7-25(16,17)3/h13-14,16-20,22-23,28-29,31,33H,4-11H2,1-3H3. The van der Waals surface area contributed by atoms with Crippen molar-refractivity contribution in [3.63, 3.8) is 0 Å². The minimum atomic E-state index is -1.74. The van der Waals surface area contributed by atoms with Gasteiger partial charge >= 0.3 is 5.97 Å². The van der Waals surface area contributed by atoms with Crippen molar-refractivity contribution in [1.29, 1.82) is 0 Å². The zero-order chi connectivity index (χ0) is 25.1. The first-order chi connectivity index (χ1) is 16.5. The molecule has 1 saturated heterocycles. The van der Waals surface area contributed by atoms with E-state index in [1.54, 1.807) is 0 Å². The molecule has 0 amide bonds. The Morgan fingerprint density at radius 2 is 1.86 bits per heavy atom. The summed E-state index contributed by atoms with van der Waals surface area (Å²) in [4.78, 5) is 25.6. The molecule has 2 aliphatic heterocycles. The molecule has 1 spiro atoms. The monoisotopic (exact) mass is 490 g/mol. The Morgan fingerprint density at radius 3 is 2.54 bits per heavy atom. The van der Waals surface area contributed by atoms with Gasteiger partial charge < -0.3 is 29.9 Å². The zero-order valence-electron chi connectivity index (χ0n) is 20.8. The average Bonchev–Trinajstić information content (AvgIpc) is 3.44. The van der Waals surface area contributed by atoms with Gasteiger partial charge in [0, 0.05) is 18.8 Å². The number of hydrogen-bond donors (Lipinski definition) is 4. The van der Waals surface area contributed by atoms with Gasteiger partial charge in [0.25, 0.3) is 0 Å². The molecule has 8 nitrogen and oxygen atoms in total. The van der Waals surface area contributed by atoms with E-state index < -0.39 is 41.3 Å². The number of ketones is 1. The van der Waals surface area contributed by atoms with Crippen LogP contribution in [0, 0.1) is 35.0 Å². The van der Waals surface area contributed by atoms with Crippen LogP contribution in [0.25, 0.3) is 0 Å². The number of fused-ring (bicyclic) bond motifs is 4. The van der Waals surface area contributed by atoms with E-state index in [9.17, 15) is 30.0 Å². The lowest BCUT2D eigenvalue weighted by atomic mass is 9.46. The van der Waals surface area contributed by atoms with Gasteiger partial charge in [0.1, 0.15) is 12.2 Å². The van der Waals surface area contributed by atoms with Gasteiger partial charge in [-0.3, -0.25) is 4.79 Å². The van der Waals surface area contributed by atoms with Crippen LogP contribution in [-0.4, -0.2) is 74.4 Å². The van der Waals surface area contributed by atoms with Crippen LogP contribution in [0.1, 0.15) is 65.7 Å². The molecule has 0 aromatic rings. The van der Waals surface area contributed by atoms with Gasteiger partial charge in [-0.25, -0.2) is 4.79 Å². The number of cyclic esters (lactones) is 1. The molecule has 5 fully saturated rings. The molecular formula is C27H38O8. The van der Waals surface area contributed by atoms with Crippen LogP contribution in [-0.2, 0) is 19.1 Å². The third kappa shape index (κ3) is 2.86. The number of aliphatic hydroxyl groups excluding tert-OH is 3. The third-order valence-corrected chi connectivity index (χ3v) is 11.4. The molecular weight excluding hydrogens is 452 g/mol. The van der Waals surface area contributed by atoms with Crippen molar-refractivity contribution in [2.24, 2.45) is 35.0 Å². The van der Waals surface area contributed by atoms with E-state index in [4.69, 9.17) is 9.47 Å². The summed E-state index contributed by atoms with van der Waals surface area (Å²) in [5, 5.41) is 42.4. The van der Waals surface area contributed by atoms with Crippen molar-refractivity contribution in [3.05, 3.63) is 11.1 Å². The van der Waals surface area contributed by atoms with E-state index in [-0.39, 0.29) is 42.3 Å². The SMILES string of the molecule is CC1=C(CO)C(=O)OC(C(C)C2CCC3C4CC5OC56C(O)C(O)CC(=O)C6(O)C4CCC23C)C1. The summed E-state index contributed by atoms with van der Waals surface area (Å²) in [5.41, 5.74) is -1.84. The molecule has 2 heterocycles. The highest BCUT2D eigenvalue weighted by atomic mass is 16.6. The lowest BCUT2D eigenvalue weighted by molar-refractivity contribution is -0.211. The molecule has 4 saturated carbocycles. The Labute approximate surface area is 205 Å². The Bertz CT molecular complexity index is 992. The molecule has 0 aromatic heterocycles. The Hall–Kier alpha value is -1.32. The van der Waals surface area contributed by atoms with Gasteiger partial charge in [-0.15, -0.1) is 0 Å². The maximum Gasteiger partial charge on any atom is 0.336 e. The summed E-state index contributed by atoms with van der Waals surface area (Å²) < 4.78 is 11.7. The summed E-state index contributed by atoms with van der Waals surface area (Å²) in [5.74, 6) is -0.185. The molecule has 12 atom stereocenters. The number of ether oxygens (including phenoxy) is 2. The number of esters is 1. The van der Waals surface area contributed by atoms with Crippen LogP contribution in [0.2, 0.25) is 0 Å². The molecule has 0 bridgehead atoms. The number of Topliss-reactive ketones (excluding diaryl/α,β-unsaturated/α-hetero) is 1. The van der Waals surface area contributed by atoms with Crippen molar-refractivity contribution in [2.75, 3.05) is 6.61 Å². The summed E-state index contributed by atoms with van der Waals surface area (Å²) in [6.45, 7) is 6.10. The number of aliphatic hydroxyl groups is 4. The highest BCUT2D eigenvalue weighted by Gasteiger charge is 2.84. The summed E-state index contributed by atoms with van der Waals surface area (Å²) in [6.07, 6.45) is 1.51. The zero-order valence-corrected chi connectivity index (χ0v) is 20.8. The third-order valence-electron chi connectivity index (χ3n) is 11.4. The van der Waals surface area contributed by atoms with Crippen LogP contribution in [0.5, 0.6) is 0 Å². The van der Waals surface area contributed by atoms with E-state index in [2.05, 4.69) is 13.8 Å². The van der Waals surface area contributed by atoms with Gasteiger partial charge in [-0.1, -0.05) is 19.4 Å². The Morgan fingerprint density at radius 1 is 1.11 bits per heavy atom. The van der Waals surface area contributed by atoms with Crippen molar-refractivity contribution in [2.45, 2.75) is 101 Å². The highest BCUT2D eigenvalue weighted by Crippen LogP contribution is 2.71. The van der Waals surface area contributed by atoms with Gasteiger partial charge in [-0.05, 0) is 68.1 Å². The minimum Gasteiger partial charge on any atom is -0.458 e. The second-order valence-corrected chi connectivity index (χ2v) is 12.6. The topological polar surface area (TPSA) is 137 Å². The van der Waals surface area contributed by atoms with Crippen molar-refractivity contribution in [1.82, 2.24) is 0 Å². The van der Waals surface area contributed by atoms with Crippen LogP contribution in [0.3, 0.4) is 0 Å². The van der Waals surface area contributed by atoms with Crippen LogP contribution >= 0.6 is 0 Å². The minimum absolute atomic E-state index is 0.0110. The van der Waals surface area contributed by atoms with E-state index >= 15 is 0 Å². The fourth-order valence-electron chi connectivity index (χ4n) is 9.59. The predicted octanol–water partition coefficient (Wildman–Crippen LogP) is 1.27. The average molecular weight is 491 g/mol. The first-order valence-electron chi connectivity index (χ1n) is 13.3. The van der Waals surface area contributed by atoms with Gasteiger partial charge in [-0.2, -0.15) is 0 Å². The summed E-state index contributed by atoms with van der Waals surface area (Å²) in [6, 6.07) is 0. The second-order valence-electron chi connectivity index (χ2n) is 12.6. The van der Waals surface area contributed by atoms with E-state index in [1.165, 1.54) is 0 Å². The van der Waals surface area contributed by atoms with E-state index in [1.807, 2.05) is 6.92 Å². The summed E-state index contributed by atoms with van der Waals surface area (Å²) in [7, 11) is 0. The molecule has 0 aromatic carbocycles. The lowest BCUT2D eigenvalue weighted by Crippen LogP contribution is -2.73. The van der Waals surface area contributed by atoms with Crippen molar-refractivity contribution in [3.8, 4) is 0 Å². The maximum atomic E-state index is 13.2. The molecule has 6 aliphatic rings. The van der Waals surface area contributed by atoms with Gasteiger partial charge in [0.05, 0.1) is 24.4 Å².